The Bertz CT molecular complexity index is 237. The van der Waals surface area contributed by atoms with Crippen molar-refractivity contribution in [1.82, 2.24) is 4.86 Å². The van der Waals surface area contributed by atoms with Crippen molar-refractivity contribution in [3.63, 3.8) is 0 Å². The van der Waals surface area contributed by atoms with Gasteiger partial charge in [0, 0.05) is 11.3 Å². The zero-order valence-corrected chi connectivity index (χ0v) is 10.0. The van der Waals surface area contributed by atoms with E-state index in [-0.39, 0.29) is 0 Å². The Kier molecular flexibility index (Phi) is 4.35. The maximum Gasteiger partial charge on any atom is 0.277 e. The lowest BCUT2D eigenvalue weighted by Crippen LogP contribution is -2.17. The minimum atomic E-state index is -3.70. The smallest absolute Gasteiger partial charge is 0.277 e. The van der Waals surface area contributed by atoms with Gasteiger partial charge in [-0.1, -0.05) is 27.7 Å². The van der Waals surface area contributed by atoms with Crippen molar-refractivity contribution < 1.29 is 18.9 Å². The van der Waals surface area contributed by atoms with Crippen LogP contribution in [-0.4, -0.2) is 21.1 Å². The first-order valence-corrected chi connectivity index (χ1v) is 7.50. The number of rotatable bonds is 4. The predicted molar refractivity (Wildman–Crippen MR) is 53.1 cm³/mol. The molecule has 0 spiro atoms. The van der Waals surface area contributed by atoms with Gasteiger partial charge in [-0.05, 0) is 0 Å². The quantitative estimate of drug-likeness (QED) is 0.639. The largest absolute Gasteiger partial charge is 0.333 e. The molecule has 0 aliphatic carbocycles. The highest BCUT2D eigenvalue weighted by Gasteiger charge is 2.34. The summed E-state index contributed by atoms with van der Waals surface area (Å²) in [6.07, 6.45) is 0. The maximum absolute atomic E-state index is 11.3. The van der Waals surface area contributed by atoms with Gasteiger partial charge in [0.15, 0.2) is 0 Å². The zero-order valence-electron chi connectivity index (χ0n) is 8.26. The van der Waals surface area contributed by atoms with E-state index in [4.69, 9.17) is 0 Å². The average molecular weight is 229 g/mol. The molecule has 0 aliphatic heterocycles. The van der Waals surface area contributed by atoms with Crippen molar-refractivity contribution in [3.05, 3.63) is 0 Å². The summed E-state index contributed by atoms with van der Waals surface area (Å²) in [5.41, 5.74) is -1.13. The molecule has 0 amide bonds. The molecule has 80 valence electrons. The fourth-order valence-electron chi connectivity index (χ4n) is 0.436. The van der Waals surface area contributed by atoms with Crippen LogP contribution in [0, 0.1) is 0 Å². The Labute approximate surface area is 78.6 Å². The molecule has 0 fully saturated rings. The van der Waals surface area contributed by atoms with Gasteiger partial charge < -0.3 is 9.79 Å². The first-order chi connectivity index (χ1) is 5.59. The lowest BCUT2D eigenvalue weighted by atomic mass is 10.6. The fraction of sp³-hybridized carbons (Fsp3) is 1.00. The first-order valence-electron chi connectivity index (χ1n) is 4.04. The molecular weight excluding hydrogens is 212 g/mol. The third-order valence-electron chi connectivity index (χ3n) is 1.69. The van der Waals surface area contributed by atoms with E-state index in [0.717, 1.165) is 0 Å². The molecule has 2 unspecified atom stereocenters. The maximum atomic E-state index is 11.3. The van der Waals surface area contributed by atoms with Crippen LogP contribution >= 0.6 is 15.0 Å². The summed E-state index contributed by atoms with van der Waals surface area (Å²) in [6, 6.07) is 0. The minimum absolute atomic E-state index is 0.563. The van der Waals surface area contributed by atoms with Gasteiger partial charge in [-0.25, -0.2) is 0 Å². The molecule has 5 nitrogen and oxygen atoms in total. The van der Waals surface area contributed by atoms with Crippen molar-refractivity contribution in [2.24, 2.45) is 0 Å². The van der Waals surface area contributed by atoms with Crippen LogP contribution in [-0.2, 0) is 9.13 Å². The standard InChI is InChI=1S/C6H17NO4P2/c1-5(2)12(8,9)7-13(10,11)6(3)4/h5-6H,1-4H3,(H3,7,8,9,10,11). The SMILES string of the molecule is CC(C)P(=O)(O)NP(=O)(O)C(C)C. The lowest BCUT2D eigenvalue weighted by molar-refractivity contribution is 0.439. The summed E-state index contributed by atoms with van der Waals surface area (Å²) in [4.78, 5) is 20.5. The Morgan fingerprint density at radius 2 is 1.15 bits per heavy atom. The van der Waals surface area contributed by atoms with E-state index in [0.29, 0.717) is 0 Å². The second-order valence-corrected chi connectivity index (χ2v) is 8.89. The van der Waals surface area contributed by atoms with Crippen LogP contribution in [0.3, 0.4) is 0 Å². The van der Waals surface area contributed by atoms with Crippen LogP contribution in [0.5, 0.6) is 0 Å². The molecule has 0 radical (unpaired) electrons. The van der Waals surface area contributed by atoms with Gasteiger partial charge in [0.25, 0.3) is 15.0 Å². The van der Waals surface area contributed by atoms with Crippen molar-refractivity contribution in [1.29, 1.82) is 0 Å². The van der Waals surface area contributed by atoms with Gasteiger partial charge in [-0.15, -0.1) is 0 Å². The highest BCUT2D eigenvalue weighted by molar-refractivity contribution is 7.72. The van der Waals surface area contributed by atoms with E-state index in [1.807, 2.05) is 4.86 Å². The molecule has 0 heterocycles. The van der Waals surface area contributed by atoms with E-state index >= 15 is 0 Å². The summed E-state index contributed by atoms with van der Waals surface area (Å²) in [5, 5.41) is 0. The Balaban J connectivity index is 4.63. The second-order valence-electron chi connectivity index (χ2n) is 3.53. The molecule has 0 aromatic heterocycles. The molecular formula is C6H17NO4P2. The Hall–Kier alpha value is 0.340. The van der Waals surface area contributed by atoms with E-state index in [9.17, 15) is 18.9 Å². The number of nitrogens with one attached hydrogen (secondary N) is 1. The van der Waals surface area contributed by atoms with Gasteiger partial charge in [0.1, 0.15) is 0 Å². The molecule has 0 saturated carbocycles. The molecule has 0 aromatic carbocycles. The molecule has 0 bridgehead atoms. The highest BCUT2D eigenvalue weighted by Crippen LogP contribution is 2.55. The minimum Gasteiger partial charge on any atom is -0.333 e. The third-order valence-corrected chi connectivity index (χ3v) is 6.78. The normalized spacial score (nSPS) is 21.5. The summed E-state index contributed by atoms with van der Waals surface area (Å²) in [6.45, 7) is 6.09. The molecule has 0 rings (SSSR count). The summed E-state index contributed by atoms with van der Waals surface area (Å²) in [5.74, 6) is 0. The van der Waals surface area contributed by atoms with Gasteiger partial charge in [0.05, 0.1) is 0 Å². The van der Waals surface area contributed by atoms with Crippen molar-refractivity contribution >= 4 is 15.0 Å². The monoisotopic (exact) mass is 229 g/mol. The topological polar surface area (TPSA) is 86.6 Å². The molecule has 3 N–H and O–H groups in total. The van der Waals surface area contributed by atoms with E-state index in [2.05, 4.69) is 0 Å². The van der Waals surface area contributed by atoms with E-state index in [1.165, 1.54) is 27.7 Å². The van der Waals surface area contributed by atoms with E-state index < -0.39 is 26.4 Å². The summed E-state index contributed by atoms with van der Waals surface area (Å²) >= 11 is 0. The van der Waals surface area contributed by atoms with Crippen LogP contribution in [0.1, 0.15) is 27.7 Å². The van der Waals surface area contributed by atoms with Gasteiger partial charge in [-0.3, -0.25) is 9.13 Å². The average Bonchev–Trinajstić information content (AvgIpc) is 1.83. The second kappa shape index (κ2) is 4.24. The van der Waals surface area contributed by atoms with E-state index in [1.54, 1.807) is 0 Å². The first kappa shape index (κ1) is 13.3. The van der Waals surface area contributed by atoms with Gasteiger partial charge in [0.2, 0.25) is 0 Å². The molecule has 0 aliphatic rings. The van der Waals surface area contributed by atoms with Crippen LogP contribution in [0.2, 0.25) is 0 Å². The van der Waals surface area contributed by atoms with Gasteiger partial charge >= 0.3 is 0 Å². The third kappa shape index (κ3) is 3.92. The Morgan fingerprint density at radius 1 is 0.923 bits per heavy atom. The molecule has 7 heteroatoms. The van der Waals surface area contributed by atoms with Crippen LogP contribution < -0.4 is 4.86 Å². The van der Waals surface area contributed by atoms with Crippen LogP contribution in [0.25, 0.3) is 0 Å². The summed E-state index contributed by atoms with van der Waals surface area (Å²) < 4.78 is 22.7. The lowest BCUT2D eigenvalue weighted by Gasteiger charge is -2.22. The van der Waals surface area contributed by atoms with Crippen molar-refractivity contribution in [3.8, 4) is 0 Å². The predicted octanol–water partition coefficient (Wildman–Crippen LogP) is 1.76. The fourth-order valence-corrected chi connectivity index (χ4v) is 3.93. The number of hydrogen-bond acceptors (Lipinski definition) is 2. The van der Waals surface area contributed by atoms with Crippen molar-refractivity contribution in [2.75, 3.05) is 0 Å². The highest BCUT2D eigenvalue weighted by atomic mass is 31.2. The van der Waals surface area contributed by atoms with Crippen LogP contribution in [0.15, 0.2) is 0 Å². The Morgan fingerprint density at radius 3 is 1.31 bits per heavy atom. The number of hydrogen-bond donors (Lipinski definition) is 3. The molecule has 13 heavy (non-hydrogen) atoms. The molecule has 0 aromatic rings. The zero-order chi connectivity index (χ0) is 10.9. The van der Waals surface area contributed by atoms with Crippen LogP contribution in [0.4, 0.5) is 0 Å². The van der Waals surface area contributed by atoms with Gasteiger partial charge in [-0.2, -0.15) is 4.86 Å². The van der Waals surface area contributed by atoms with Crippen molar-refractivity contribution in [2.45, 2.75) is 39.0 Å². The molecule has 2 atom stereocenters. The summed E-state index contributed by atoms with van der Waals surface area (Å²) in [7, 11) is -7.41. The molecule has 0 saturated heterocycles.